The Labute approximate surface area is 108 Å². The highest BCUT2D eigenvalue weighted by atomic mass is 79.9. The Morgan fingerprint density at radius 1 is 1.24 bits per heavy atom. The summed E-state index contributed by atoms with van der Waals surface area (Å²) in [7, 11) is 0. The maximum Gasteiger partial charge on any atom is 0.127 e. The predicted octanol–water partition coefficient (Wildman–Crippen LogP) is 4.02. The molecule has 17 heavy (non-hydrogen) atoms. The van der Waals surface area contributed by atoms with Crippen LogP contribution in [-0.2, 0) is 5.41 Å². The Balaban J connectivity index is 2.81. The van der Waals surface area contributed by atoms with Crippen molar-refractivity contribution in [1.29, 1.82) is 0 Å². The van der Waals surface area contributed by atoms with E-state index >= 15 is 0 Å². The molecule has 2 rings (SSSR count). The van der Waals surface area contributed by atoms with Gasteiger partial charge < -0.3 is 5.73 Å². The first-order valence-electron chi connectivity index (χ1n) is 5.35. The third-order valence-corrected chi connectivity index (χ3v) is 3.28. The summed E-state index contributed by atoms with van der Waals surface area (Å²) in [6.07, 6.45) is 0. The molecule has 2 aromatic rings. The number of nitrogen functional groups attached to an aromatic ring is 1. The molecule has 0 bridgehead atoms. The van der Waals surface area contributed by atoms with Gasteiger partial charge in [-0.1, -0.05) is 20.8 Å². The summed E-state index contributed by atoms with van der Waals surface area (Å²) in [6.45, 7) is 6.17. The third-order valence-electron chi connectivity index (χ3n) is 2.67. The molecule has 0 spiro atoms. The number of aromatic nitrogens is 1. The van der Waals surface area contributed by atoms with Crippen molar-refractivity contribution >= 4 is 32.7 Å². The lowest BCUT2D eigenvalue weighted by Gasteiger charge is -2.21. The summed E-state index contributed by atoms with van der Waals surface area (Å²) in [5.41, 5.74) is 7.47. The molecule has 1 aromatic heterocycles. The summed E-state index contributed by atoms with van der Waals surface area (Å²) in [4.78, 5) is 4.35. The lowest BCUT2D eigenvalue weighted by Crippen LogP contribution is -2.15. The van der Waals surface area contributed by atoms with E-state index in [0.29, 0.717) is 15.8 Å². The van der Waals surface area contributed by atoms with Gasteiger partial charge in [-0.3, -0.25) is 0 Å². The molecular formula is C13H14BrFN2. The molecule has 0 radical (unpaired) electrons. The monoisotopic (exact) mass is 296 g/mol. The molecule has 0 amide bonds. The highest BCUT2D eigenvalue weighted by Gasteiger charge is 2.19. The number of hydrogen-bond donors (Lipinski definition) is 1. The number of halogens is 2. The average molecular weight is 297 g/mol. The fourth-order valence-electron chi connectivity index (χ4n) is 1.82. The van der Waals surface area contributed by atoms with Gasteiger partial charge in [0.1, 0.15) is 11.6 Å². The van der Waals surface area contributed by atoms with Crippen LogP contribution >= 0.6 is 15.9 Å². The summed E-state index contributed by atoms with van der Waals surface area (Å²) in [5.74, 6) is 0.216. The van der Waals surface area contributed by atoms with Crippen molar-refractivity contribution in [2.75, 3.05) is 5.73 Å². The van der Waals surface area contributed by atoms with Gasteiger partial charge in [-0.05, 0) is 39.5 Å². The molecule has 0 saturated carbocycles. The standard InChI is InChI=1S/C13H14BrFN2/c1-13(2,3)9-5-7-4-8(15)6-10(14)11(7)17-12(9)16/h4-6H,1-3H3,(H2,16,17). The normalized spacial score (nSPS) is 12.1. The number of rotatable bonds is 0. The molecule has 1 aromatic carbocycles. The van der Waals surface area contributed by atoms with Gasteiger partial charge in [0.05, 0.1) is 5.52 Å². The fraction of sp³-hybridized carbons (Fsp3) is 0.308. The van der Waals surface area contributed by atoms with E-state index in [9.17, 15) is 4.39 Å². The van der Waals surface area contributed by atoms with Gasteiger partial charge in [0.25, 0.3) is 0 Å². The lowest BCUT2D eigenvalue weighted by molar-refractivity contribution is 0.591. The topological polar surface area (TPSA) is 38.9 Å². The molecule has 4 heteroatoms. The highest BCUT2D eigenvalue weighted by Crippen LogP contribution is 2.32. The van der Waals surface area contributed by atoms with Gasteiger partial charge in [-0.2, -0.15) is 0 Å². The van der Waals surface area contributed by atoms with Crippen LogP contribution in [0.25, 0.3) is 10.9 Å². The molecule has 90 valence electrons. The molecular weight excluding hydrogens is 283 g/mol. The number of anilines is 1. The van der Waals surface area contributed by atoms with Crippen LogP contribution in [-0.4, -0.2) is 4.98 Å². The molecule has 1 heterocycles. The van der Waals surface area contributed by atoms with Crippen LogP contribution in [0, 0.1) is 5.82 Å². The molecule has 0 unspecified atom stereocenters. The van der Waals surface area contributed by atoms with Crippen LogP contribution < -0.4 is 5.73 Å². The van der Waals surface area contributed by atoms with Crippen LogP contribution in [0.5, 0.6) is 0 Å². The van der Waals surface area contributed by atoms with E-state index in [1.807, 2.05) is 6.07 Å². The van der Waals surface area contributed by atoms with E-state index in [1.54, 1.807) is 0 Å². The lowest BCUT2D eigenvalue weighted by atomic mass is 9.86. The summed E-state index contributed by atoms with van der Waals surface area (Å²) >= 11 is 3.30. The van der Waals surface area contributed by atoms with Crippen LogP contribution in [0.2, 0.25) is 0 Å². The highest BCUT2D eigenvalue weighted by molar-refractivity contribution is 9.10. The molecule has 2 N–H and O–H groups in total. The van der Waals surface area contributed by atoms with Crippen molar-refractivity contribution in [2.45, 2.75) is 26.2 Å². The second-order valence-corrected chi connectivity index (χ2v) is 5.98. The molecule has 0 aliphatic heterocycles. The zero-order valence-corrected chi connectivity index (χ0v) is 11.6. The Morgan fingerprint density at radius 3 is 2.47 bits per heavy atom. The van der Waals surface area contributed by atoms with E-state index in [4.69, 9.17) is 5.73 Å². The van der Waals surface area contributed by atoms with Crippen molar-refractivity contribution in [1.82, 2.24) is 4.98 Å². The minimum Gasteiger partial charge on any atom is -0.383 e. The SMILES string of the molecule is CC(C)(C)c1cc2cc(F)cc(Br)c2nc1N. The Kier molecular flexibility index (Phi) is 2.86. The maximum atomic E-state index is 13.3. The van der Waals surface area contributed by atoms with Gasteiger partial charge in [-0.25, -0.2) is 9.37 Å². The zero-order chi connectivity index (χ0) is 12.8. The van der Waals surface area contributed by atoms with Crippen molar-refractivity contribution in [3.05, 3.63) is 34.1 Å². The van der Waals surface area contributed by atoms with Crippen LogP contribution in [0.4, 0.5) is 10.2 Å². The maximum absolute atomic E-state index is 13.3. The number of hydrogen-bond acceptors (Lipinski definition) is 2. The first-order valence-corrected chi connectivity index (χ1v) is 6.14. The van der Waals surface area contributed by atoms with Crippen LogP contribution in [0.15, 0.2) is 22.7 Å². The Hall–Kier alpha value is -1.16. The van der Waals surface area contributed by atoms with E-state index in [2.05, 4.69) is 41.7 Å². The number of pyridine rings is 1. The fourth-order valence-corrected chi connectivity index (χ4v) is 2.36. The van der Waals surface area contributed by atoms with Gasteiger partial charge in [-0.15, -0.1) is 0 Å². The van der Waals surface area contributed by atoms with E-state index < -0.39 is 0 Å². The Bertz CT molecular complexity index is 588. The molecule has 0 aliphatic carbocycles. The molecule has 0 fully saturated rings. The summed E-state index contributed by atoms with van der Waals surface area (Å²) < 4.78 is 14.0. The van der Waals surface area contributed by atoms with Crippen molar-refractivity contribution in [3.63, 3.8) is 0 Å². The Morgan fingerprint density at radius 2 is 1.88 bits per heavy atom. The average Bonchev–Trinajstić information content (AvgIpc) is 2.16. The minimum atomic E-state index is -0.282. The minimum absolute atomic E-state index is 0.107. The van der Waals surface area contributed by atoms with Gasteiger partial charge in [0, 0.05) is 15.4 Å². The van der Waals surface area contributed by atoms with Crippen molar-refractivity contribution < 1.29 is 4.39 Å². The number of benzene rings is 1. The van der Waals surface area contributed by atoms with Crippen molar-refractivity contribution in [3.8, 4) is 0 Å². The van der Waals surface area contributed by atoms with Crippen LogP contribution in [0.3, 0.4) is 0 Å². The first kappa shape index (κ1) is 12.3. The first-order chi connectivity index (χ1) is 7.79. The molecule has 0 atom stereocenters. The summed E-state index contributed by atoms with van der Waals surface area (Å²) in [5, 5.41) is 0.760. The zero-order valence-electron chi connectivity index (χ0n) is 10.0. The van der Waals surface area contributed by atoms with Gasteiger partial charge >= 0.3 is 0 Å². The van der Waals surface area contributed by atoms with E-state index in [0.717, 1.165) is 10.9 Å². The third kappa shape index (κ3) is 2.27. The largest absolute Gasteiger partial charge is 0.383 e. The van der Waals surface area contributed by atoms with E-state index in [-0.39, 0.29) is 11.2 Å². The number of nitrogens with two attached hydrogens (primary N) is 1. The second-order valence-electron chi connectivity index (χ2n) is 5.13. The molecule has 0 aliphatic rings. The summed E-state index contributed by atoms with van der Waals surface area (Å²) in [6, 6.07) is 4.78. The molecule has 0 saturated heterocycles. The van der Waals surface area contributed by atoms with E-state index in [1.165, 1.54) is 12.1 Å². The van der Waals surface area contributed by atoms with Gasteiger partial charge in [0.15, 0.2) is 0 Å². The smallest absolute Gasteiger partial charge is 0.127 e. The predicted molar refractivity (Wildman–Crippen MR) is 72.5 cm³/mol. The second kappa shape index (κ2) is 3.95. The molecule has 2 nitrogen and oxygen atoms in total. The van der Waals surface area contributed by atoms with Gasteiger partial charge in [0.2, 0.25) is 0 Å². The van der Waals surface area contributed by atoms with Crippen molar-refractivity contribution in [2.24, 2.45) is 0 Å². The quantitative estimate of drug-likeness (QED) is 0.797. The van der Waals surface area contributed by atoms with Crippen LogP contribution in [0.1, 0.15) is 26.3 Å². The number of fused-ring (bicyclic) bond motifs is 1. The number of nitrogens with zero attached hydrogens (tertiary/aromatic N) is 1.